The lowest BCUT2D eigenvalue weighted by atomic mass is 10.1. The fourth-order valence-corrected chi connectivity index (χ4v) is 2.95. The Labute approximate surface area is 143 Å². The van der Waals surface area contributed by atoms with Crippen LogP contribution in [0.1, 0.15) is 41.7 Å². The topological polar surface area (TPSA) is 58.1 Å². The number of carbonyl (C=O) groups excluding carboxylic acids is 1. The van der Waals surface area contributed by atoms with Crippen LogP contribution < -0.4 is 10.2 Å². The molecule has 2 heterocycles. The molecule has 3 rings (SSSR count). The van der Waals surface area contributed by atoms with E-state index >= 15 is 0 Å². The molecule has 0 saturated carbocycles. The summed E-state index contributed by atoms with van der Waals surface area (Å²) < 4.78 is 0. The van der Waals surface area contributed by atoms with Crippen molar-refractivity contribution < 1.29 is 4.79 Å². The molecule has 1 N–H and O–H groups in total. The van der Waals surface area contributed by atoms with E-state index in [2.05, 4.69) is 32.3 Å². The molecule has 1 saturated heterocycles. The molecule has 0 radical (unpaired) electrons. The van der Waals surface area contributed by atoms with Gasteiger partial charge < -0.3 is 10.2 Å². The lowest BCUT2D eigenvalue weighted by Crippen LogP contribution is -2.29. The highest BCUT2D eigenvalue weighted by molar-refractivity contribution is 5.92. The molecule has 0 unspecified atom stereocenters. The fourth-order valence-electron chi connectivity index (χ4n) is 2.95. The number of hydrogen-bond acceptors (Lipinski definition) is 4. The van der Waals surface area contributed by atoms with Gasteiger partial charge in [-0.25, -0.2) is 9.97 Å². The number of rotatable bonds is 5. The van der Waals surface area contributed by atoms with Crippen molar-refractivity contribution in [3.05, 3.63) is 53.9 Å². The molecule has 24 heavy (non-hydrogen) atoms. The van der Waals surface area contributed by atoms with E-state index in [0.717, 1.165) is 32.4 Å². The number of carbonyl (C=O) groups is 1. The zero-order valence-corrected chi connectivity index (χ0v) is 13.9. The Bertz CT molecular complexity index is 651. The molecule has 2 aromatic rings. The Morgan fingerprint density at radius 2 is 1.79 bits per heavy atom. The van der Waals surface area contributed by atoms with Crippen molar-refractivity contribution in [1.29, 1.82) is 0 Å². The maximum Gasteiger partial charge on any atom is 0.270 e. The van der Waals surface area contributed by atoms with Gasteiger partial charge in [-0.3, -0.25) is 4.79 Å². The van der Waals surface area contributed by atoms with E-state index in [0.29, 0.717) is 18.2 Å². The molecule has 0 atom stereocenters. The lowest BCUT2D eigenvalue weighted by Gasteiger charge is -2.20. The summed E-state index contributed by atoms with van der Waals surface area (Å²) in [4.78, 5) is 23.3. The fraction of sp³-hybridized carbons (Fsp3) is 0.421. The van der Waals surface area contributed by atoms with E-state index in [-0.39, 0.29) is 5.91 Å². The maximum absolute atomic E-state index is 12.3. The smallest absolute Gasteiger partial charge is 0.270 e. The molecule has 1 amide bonds. The van der Waals surface area contributed by atoms with E-state index in [1.165, 1.54) is 18.4 Å². The Kier molecular flexibility index (Phi) is 5.77. The van der Waals surface area contributed by atoms with Crippen molar-refractivity contribution >= 4 is 11.9 Å². The second kappa shape index (κ2) is 8.43. The minimum Gasteiger partial charge on any atom is -0.350 e. The molecule has 1 aromatic carbocycles. The second-order valence-corrected chi connectivity index (χ2v) is 6.13. The van der Waals surface area contributed by atoms with Crippen molar-refractivity contribution in [2.75, 3.05) is 24.5 Å². The van der Waals surface area contributed by atoms with E-state index in [1.807, 2.05) is 18.2 Å². The van der Waals surface area contributed by atoms with Crippen LogP contribution >= 0.6 is 0 Å². The van der Waals surface area contributed by atoms with Gasteiger partial charge in [0.1, 0.15) is 5.69 Å². The SMILES string of the molecule is O=C(NCCc1ccccc1)c1ccnc(N2CCCCCC2)n1. The van der Waals surface area contributed by atoms with Crippen molar-refractivity contribution in [3.63, 3.8) is 0 Å². The van der Waals surface area contributed by atoms with Crippen LogP contribution in [0.25, 0.3) is 0 Å². The van der Waals surface area contributed by atoms with Gasteiger partial charge in [0.25, 0.3) is 5.91 Å². The minimum absolute atomic E-state index is 0.135. The van der Waals surface area contributed by atoms with Crippen molar-refractivity contribution in [2.45, 2.75) is 32.1 Å². The summed E-state index contributed by atoms with van der Waals surface area (Å²) in [6, 6.07) is 11.8. The normalized spacial score (nSPS) is 14.9. The molecular weight excluding hydrogens is 300 g/mol. The number of anilines is 1. The Morgan fingerprint density at radius 3 is 2.54 bits per heavy atom. The third-order valence-corrected chi connectivity index (χ3v) is 4.31. The summed E-state index contributed by atoms with van der Waals surface area (Å²) >= 11 is 0. The molecule has 1 aromatic heterocycles. The van der Waals surface area contributed by atoms with Gasteiger partial charge in [0, 0.05) is 25.8 Å². The van der Waals surface area contributed by atoms with Crippen LogP contribution in [0.2, 0.25) is 0 Å². The zero-order valence-electron chi connectivity index (χ0n) is 13.9. The average molecular weight is 324 g/mol. The van der Waals surface area contributed by atoms with Crippen LogP contribution in [-0.4, -0.2) is 35.5 Å². The molecule has 126 valence electrons. The van der Waals surface area contributed by atoms with Crippen LogP contribution in [0.5, 0.6) is 0 Å². The molecule has 1 fully saturated rings. The largest absolute Gasteiger partial charge is 0.350 e. The number of nitrogens with one attached hydrogen (secondary N) is 1. The van der Waals surface area contributed by atoms with E-state index in [4.69, 9.17) is 0 Å². The highest BCUT2D eigenvalue weighted by Gasteiger charge is 2.15. The molecule has 0 bridgehead atoms. The highest BCUT2D eigenvalue weighted by Crippen LogP contribution is 2.15. The Balaban J connectivity index is 1.57. The standard InChI is InChI=1S/C19H24N4O/c24-18(20-12-10-16-8-4-3-5-9-16)17-11-13-21-19(22-17)23-14-6-1-2-7-15-23/h3-5,8-9,11,13H,1-2,6-7,10,12,14-15H2,(H,20,24). The molecule has 0 aliphatic carbocycles. The van der Waals surface area contributed by atoms with Crippen LogP contribution in [0.15, 0.2) is 42.6 Å². The van der Waals surface area contributed by atoms with Gasteiger partial charge in [-0.15, -0.1) is 0 Å². The van der Waals surface area contributed by atoms with Gasteiger partial charge in [-0.1, -0.05) is 43.2 Å². The van der Waals surface area contributed by atoms with Gasteiger partial charge in [0.2, 0.25) is 5.95 Å². The van der Waals surface area contributed by atoms with Crippen LogP contribution in [0, 0.1) is 0 Å². The summed E-state index contributed by atoms with van der Waals surface area (Å²) in [5.74, 6) is 0.539. The van der Waals surface area contributed by atoms with Crippen LogP contribution in [0.4, 0.5) is 5.95 Å². The van der Waals surface area contributed by atoms with Crippen molar-refractivity contribution in [2.24, 2.45) is 0 Å². The predicted molar refractivity (Wildman–Crippen MR) is 95.2 cm³/mol. The van der Waals surface area contributed by atoms with Gasteiger partial charge >= 0.3 is 0 Å². The van der Waals surface area contributed by atoms with E-state index < -0.39 is 0 Å². The first-order valence-electron chi connectivity index (χ1n) is 8.73. The molecule has 5 heteroatoms. The predicted octanol–water partition coefficient (Wildman–Crippen LogP) is 2.83. The van der Waals surface area contributed by atoms with E-state index in [1.54, 1.807) is 12.3 Å². The van der Waals surface area contributed by atoms with Gasteiger partial charge in [0.05, 0.1) is 0 Å². The molecule has 5 nitrogen and oxygen atoms in total. The van der Waals surface area contributed by atoms with Gasteiger partial charge in [0.15, 0.2) is 0 Å². The van der Waals surface area contributed by atoms with Gasteiger partial charge in [-0.05, 0) is 30.9 Å². The second-order valence-electron chi connectivity index (χ2n) is 6.13. The first kappa shape index (κ1) is 16.4. The Morgan fingerprint density at radius 1 is 1.04 bits per heavy atom. The van der Waals surface area contributed by atoms with Gasteiger partial charge in [-0.2, -0.15) is 0 Å². The lowest BCUT2D eigenvalue weighted by molar-refractivity contribution is 0.0949. The maximum atomic E-state index is 12.3. The van der Waals surface area contributed by atoms with Crippen molar-refractivity contribution in [1.82, 2.24) is 15.3 Å². The third kappa shape index (κ3) is 4.54. The molecule has 1 aliphatic heterocycles. The first-order valence-corrected chi connectivity index (χ1v) is 8.73. The summed E-state index contributed by atoms with van der Waals surface area (Å²) in [5.41, 5.74) is 1.66. The molecule has 1 aliphatic rings. The zero-order chi connectivity index (χ0) is 16.6. The summed E-state index contributed by atoms with van der Waals surface area (Å²) in [6.45, 7) is 2.55. The van der Waals surface area contributed by atoms with Crippen LogP contribution in [-0.2, 0) is 6.42 Å². The summed E-state index contributed by atoms with van der Waals surface area (Å²) in [5, 5.41) is 2.94. The number of aromatic nitrogens is 2. The number of benzene rings is 1. The molecular formula is C19H24N4O. The number of hydrogen-bond donors (Lipinski definition) is 1. The Hall–Kier alpha value is -2.43. The quantitative estimate of drug-likeness (QED) is 0.919. The monoisotopic (exact) mass is 324 g/mol. The third-order valence-electron chi connectivity index (χ3n) is 4.31. The van der Waals surface area contributed by atoms with Crippen LogP contribution in [0.3, 0.4) is 0 Å². The average Bonchev–Trinajstić information content (AvgIpc) is 2.92. The van der Waals surface area contributed by atoms with Crippen molar-refractivity contribution in [3.8, 4) is 0 Å². The molecule has 0 spiro atoms. The highest BCUT2D eigenvalue weighted by atomic mass is 16.1. The number of amides is 1. The number of nitrogens with zero attached hydrogens (tertiary/aromatic N) is 3. The first-order chi connectivity index (χ1) is 11.8. The van der Waals surface area contributed by atoms with E-state index in [9.17, 15) is 4.79 Å². The summed E-state index contributed by atoms with van der Waals surface area (Å²) in [6.07, 6.45) is 7.34. The minimum atomic E-state index is -0.135. The summed E-state index contributed by atoms with van der Waals surface area (Å²) in [7, 11) is 0.